The van der Waals surface area contributed by atoms with Gasteiger partial charge in [0.25, 0.3) is 0 Å². The summed E-state index contributed by atoms with van der Waals surface area (Å²) >= 11 is 0. The summed E-state index contributed by atoms with van der Waals surface area (Å²) in [5.41, 5.74) is 0.928. The van der Waals surface area contributed by atoms with Crippen molar-refractivity contribution in [1.29, 1.82) is 0 Å². The molecule has 0 bridgehead atoms. The van der Waals surface area contributed by atoms with E-state index in [0.29, 0.717) is 0 Å². The summed E-state index contributed by atoms with van der Waals surface area (Å²) in [4.78, 5) is 6.45. The van der Waals surface area contributed by atoms with Gasteiger partial charge in [-0.05, 0) is 36.5 Å². The maximum Gasteiger partial charge on any atom is 0.128 e. The lowest BCUT2D eigenvalue weighted by molar-refractivity contribution is 0.281. The summed E-state index contributed by atoms with van der Waals surface area (Å²) < 4.78 is 0. The summed E-state index contributed by atoms with van der Waals surface area (Å²) in [6, 6.07) is 3.79. The van der Waals surface area contributed by atoms with Crippen LogP contribution in [0.25, 0.3) is 0 Å². The first-order valence-electron chi connectivity index (χ1n) is 5.06. The number of hydrogen-bond acceptors (Lipinski definition) is 3. The van der Waals surface area contributed by atoms with Crippen LogP contribution in [0.3, 0.4) is 0 Å². The molecule has 1 fully saturated rings. The predicted molar refractivity (Wildman–Crippen MR) is 56.2 cm³/mol. The van der Waals surface area contributed by atoms with E-state index >= 15 is 0 Å². The molecule has 1 aromatic heterocycles. The molecule has 76 valence electrons. The first-order chi connectivity index (χ1) is 6.79. The van der Waals surface area contributed by atoms with Gasteiger partial charge in [-0.2, -0.15) is 0 Å². The van der Waals surface area contributed by atoms with Crippen molar-refractivity contribution < 1.29 is 5.11 Å². The lowest BCUT2D eigenvalue weighted by atomic mass is 10.2. The van der Waals surface area contributed by atoms with E-state index in [0.717, 1.165) is 23.8 Å². The van der Waals surface area contributed by atoms with Gasteiger partial charge in [0.15, 0.2) is 0 Å². The molecule has 0 unspecified atom stereocenters. The second-order valence-electron chi connectivity index (χ2n) is 4.00. The number of nitrogens with zero attached hydrogens (tertiary/aromatic N) is 2. The van der Waals surface area contributed by atoms with E-state index in [9.17, 15) is 0 Å². The number of anilines is 1. The molecule has 1 aliphatic carbocycles. The summed E-state index contributed by atoms with van der Waals surface area (Å²) in [5.74, 6) is 1.82. The molecule has 0 saturated heterocycles. The van der Waals surface area contributed by atoms with Crippen LogP contribution in [0.15, 0.2) is 18.3 Å². The van der Waals surface area contributed by atoms with Crippen LogP contribution in [-0.4, -0.2) is 23.7 Å². The molecule has 0 aromatic carbocycles. The van der Waals surface area contributed by atoms with Crippen molar-refractivity contribution in [1.82, 2.24) is 4.98 Å². The van der Waals surface area contributed by atoms with Gasteiger partial charge >= 0.3 is 0 Å². The molecule has 0 amide bonds. The van der Waals surface area contributed by atoms with E-state index in [1.807, 2.05) is 12.1 Å². The van der Waals surface area contributed by atoms with Gasteiger partial charge in [0.1, 0.15) is 5.82 Å². The summed E-state index contributed by atoms with van der Waals surface area (Å²) in [7, 11) is 2.06. The first-order valence-corrected chi connectivity index (χ1v) is 5.06. The quantitative estimate of drug-likeness (QED) is 0.783. The van der Waals surface area contributed by atoms with Crippen molar-refractivity contribution in [2.24, 2.45) is 5.92 Å². The Morgan fingerprint density at radius 1 is 1.57 bits per heavy atom. The lowest BCUT2D eigenvalue weighted by Crippen LogP contribution is -2.21. The van der Waals surface area contributed by atoms with Gasteiger partial charge in [-0.25, -0.2) is 4.98 Å². The fraction of sp³-hybridized carbons (Fsp3) is 0.545. The molecule has 0 spiro atoms. The normalized spacial score (nSPS) is 15.6. The van der Waals surface area contributed by atoms with Crippen LogP contribution >= 0.6 is 0 Å². The third-order valence-electron chi connectivity index (χ3n) is 2.61. The minimum Gasteiger partial charge on any atom is -0.392 e. The SMILES string of the molecule is CN(CC1CC1)c1cc(CO)ccn1. The number of aliphatic hydroxyl groups is 1. The largest absolute Gasteiger partial charge is 0.392 e. The zero-order valence-corrected chi connectivity index (χ0v) is 8.48. The maximum atomic E-state index is 8.99. The molecular weight excluding hydrogens is 176 g/mol. The molecule has 2 rings (SSSR count). The first kappa shape index (κ1) is 9.46. The minimum atomic E-state index is 0.0901. The monoisotopic (exact) mass is 192 g/mol. The Kier molecular flexibility index (Phi) is 2.68. The average molecular weight is 192 g/mol. The molecule has 0 aliphatic heterocycles. The number of hydrogen-bond donors (Lipinski definition) is 1. The molecule has 14 heavy (non-hydrogen) atoms. The van der Waals surface area contributed by atoms with Crippen molar-refractivity contribution in [2.75, 3.05) is 18.5 Å². The van der Waals surface area contributed by atoms with E-state index in [1.165, 1.54) is 12.8 Å². The van der Waals surface area contributed by atoms with Gasteiger partial charge < -0.3 is 10.0 Å². The molecule has 3 nitrogen and oxygen atoms in total. The third kappa shape index (κ3) is 2.23. The zero-order valence-electron chi connectivity index (χ0n) is 8.48. The number of aliphatic hydroxyl groups excluding tert-OH is 1. The molecule has 1 aliphatic rings. The Morgan fingerprint density at radius 2 is 2.36 bits per heavy atom. The Balaban J connectivity index is 2.05. The van der Waals surface area contributed by atoms with Crippen molar-refractivity contribution >= 4 is 5.82 Å². The van der Waals surface area contributed by atoms with Gasteiger partial charge in [0.2, 0.25) is 0 Å². The summed E-state index contributed by atoms with van der Waals surface area (Å²) in [6.45, 7) is 1.18. The van der Waals surface area contributed by atoms with Crippen LogP contribution in [0, 0.1) is 5.92 Å². The van der Waals surface area contributed by atoms with Crippen LogP contribution in [0.4, 0.5) is 5.82 Å². The zero-order chi connectivity index (χ0) is 9.97. The second-order valence-corrected chi connectivity index (χ2v) is 4.00. The highest BCUT2D eigenvalue weighted by atomic mass is 16.3. The van der Waals surface area contributed by atoms with Crippen molar-refractivity contribution in [3.05, 3.63) is 23.9 Å². The number of pyridine rings is 1. The highest BCUT2D eigenvalue weighted by Gasteiger charge is 2.23. The van der Waals surface area contributed by atoms with E-state index < -0.39 is 0 Å². The molecule has 1 aromatic rings. The van der Waals surface area contributed by atoms with E-state index in [2.05, 4.69) is 16.9 Å². The molecule has 3 heteroatoms. The fourth-order valence-electron chi connectivity index (χ4n) is 1.55. The summed E-state index contributed by atoms with van der Waals surface area (Å²) in [6.07, 6.45) is 4.46. The van der Waals surface area contributed by atoms with Gasteiger partial charge in [0, 0.05) is 19.8 Å². The Labute approximate surface area is 84.4 Å². The van der Waals surface area contributed by atoms with E-state index in [1.54, 1.807) is 6.20 Å². The van der Waals surface area contributed by atoms with Crippen LogP contribution in [-0.2, 0) is 6.61 Å². The number of rotatable bonds is 4. The Hall–Kier alpha value is -1.09. The Morgan fingerprint density at radius 3 is 3.00 bits per heavy atom. The van der Waals surface area contributed by atoms with Crippen LogP contribution in [0.5, 0.6) is 0 Å². The second kappa shape index (κ2) is 3.96. The van der Waals surface area contributed by atoms with Crippen molar-refractivity contribution in [3.63, 3.8) is 0 Å². The number of aromatic nitrogens is 1. The van der Waals surface area contributed by atoms with Crippen LogP contribution in [0.1, 0.15) is 18.4 Å². The topological polar surface area (TPSA) is 36.4 Å². The molecule has 1 N–H and O–H groups in total. The van der Waals surface area contributed by atoms with Gasteiger partial charge in [-0.3, -0.25) is 0 Å². The maximum absolute atomic E-state index is 8.99. The molecule has 0 radical (unpaired) electrons. The predicted octanol–water partition coefficient (Wildman–Crippen LogP) is 1.42. The van der Waals surface area contributed by atoms with Gasteiger partial charge in [-0.15, -0.1) is 0 Å². The molecular formula is C11H16N2O. The Bertz CT molecular complexity index is 310. The van der Waals surface area contributed by atoms with Gasteiger partial charge in [0.05, 0.1) is 6.61 Å². The fourth-order valence-corrected chi connectivity index (χ4v) is 1.55. The smallest absolute Gasteiger partial charge is 0.128 e. The van der Waals surface area contributed by atoms with Crippen molar-refractivity contribution in [2.45, 2.75) is 19.4 Å². The highest BCUT2D eigenvalue weighted by Crippen LogP contribution is 2.30. The van der Waals surface area contributed by atoms with Gasteiger partial charge in [-0.1, -0.05) is 0 Å². The highest BCUT2D eigenvalue weighted by molar-refractivity contribution is 5.40. The third-order valence-corrected chi connectivity index (χ3v) is 2.61. The average Bonchev–Trinajstić information content (AvgIpc) is 3.02. The molecule has 0 atom stereocenters. The van der Waals surface area contributed by atoms with Crippen molar-refractivity contribution in [3.8, 4) is 0 Å². The minimum absolute atomic E-state index is 0.0901. The lowest BCUT2D eigenvalue weighted by Gasteiger charge is -2.17. The van der Waals surface area contributed by atoms with Crippen LogP contribution < -0.4 is 4.90 Å². The van der Waals surface area contributed by atoms with E-state index in [-0.39, 0.29) is 6.61 Å². The molecule has 1 heterocycles. The van der Waals surface area contributed by atoms with E-state index in [4.69, 9.17) is 5.11 Å². The van der Waals surface area contributed by atoms with Crippen LogP contribution in [0.2, 0.25) is 0 Å². The standard InChI is InChI=1S/C11H16N2O/c1-13(7-9-2-3-9)11-6-10(8-14)4-5-12-11/h4-6,9,14H,2-3,7-8H2,1H3. The summed E-state index contributed by atoms with van der Waals surface area (Å²) in [5, 5.41) is 8.99. The molecule has 1 saturated carbocycles.